The van der Waals surface area contributed by atoms with Gasteiger partial charge in [-0.1, -0.05) is 51.5 Å². The molecule has 0 spiro atoms. The molecule has 1 unspecified atom stereocenters. The molecule has 1 atom stereocenters. The third kappa shape index (κ3) is 6.50. The van der Waals surface area contributed by atoms with Crippen LogP contribution in [0.3, 0.4) is 0 Å². The third-order valence-corrected chi connectivity index (χ3v) is 3.24. The summed E-state index contributed by atoms with van der Waals surface area (Å²) in [5.41, 5.74) is -0.499. The number of rotatable bonds is 10. The summed E-state index contributed by atoms with van der Waals surface area (Å²) in [4.78, 5) is 11.8. The lowest BCUT2D eigenvalue weighted by atomic mass is 9.84. The standard InChI is InChI=1S/C15H28O2/c1-5-8-9-10-11-12-13-15(4,6-2)14(16)17-7-3/h6H,2,5,7-13H2,1,3-4H3. The van der Waals surface area contributed by atoms with Crippen molar-refractivity contribution in [3.8, 4) is 0 Å². The fourth-order valence-corrected chi connectivity index (χ4v) is 1.86. The summed E-state index contributed by atoms with van der Waals surface area (Å²) in [7, 11) is 0. The first kappa shape index (κ1) is 16.2. The molecule has 0 aliphatic carbocycles. The van der Waals surface area contributed by atoms with Crippen LogP contribution in [0.2, 0.25) is 0 Å². The number of ether oxygens (including phenoxy) is 1. The van der Waals surface area contributed by atoms with Crippen molar-refractivity contribution >= 4 is 5.97 Å². The maximum Gasteiger partial charge on any atom is 0.315 e. The van der Waals surface area contributed by atoms with Gasteiger partial charge in [0, 0.05) is 0 Å². The lowest BCUT2D eigenvalue weighted by Gasteiger charge is -2.23. The lowest BCUT2D eigenvalue weighted by Crippen LogP contribution is -2.27. The molecular formula is C15H28O2. The van der Waals surface area contributed by atoms with E-state index in [0.717, 1.165) is 12.8 Å². The van der Waals surface area contributed by atoms with Crippen molar-refractivity contribution in [3.63, 3.8) is 0 Å². The molecule has 0 N–H and O–H groups in total. The number of hydrogen-bond acceptors (Lipinski definition) is 2. The summed E-state index contributed by atoms with van der Waals surface area (Å²) in [6, 6.07) is 0. The van der Waals surface area contributed by atoms with E-state index in [9.17, 15) is 4.79 Å². The molecule has 0 saturated carbocycles. The first-order valence-electron chi connectivity index (χ1n) is 6.91. The van der Waals surface area contributed by atoms with Crippen molar-refractivity contribution in [2.45, 2.75) is 65.7 Å². The van der Waals surface area contributed by atoms with Crippen molar-refractivity contribution in [2.75, 3.05) is 6.61 Å². The van der Waals surface area contributed by atoms with Gasteiger partial charge in [0.1, 0.15) is 0 Å². The number of carbonyl (C=O) groups excluding carboxylic acids is 1. The molecule has 2 heteroatoms. The molecule has 0 heterocycles. The Bertz CT molecular complexity index is 223. The van der Waals surface area contributed by atoms with Crippen molar-refractivity contribution < 1.29 is 9.53 Å². The Morgan fingerprint density at radius 2 is 1.76 bits per heavy atom. The van der Waals surface area contributed by atoms with Crippen LogP contribution in [0.1, 0.15) is 65.7 Å². The molecule has 0 aliphatic heterocycles. The summed E-state index contributed by atoms with van der Waals surface area (Å²) in [6.07, 6.45) is 10.0. The van der Waals surface area contributed by atoms with Gasteiger partial charge < -0.3 is 4.74 Å². The van der Waals surface area contributed by atoms with E-state index in [1.54, 1.807) is 6.08 Å². The highest BCUT2D eigenvalue weighted by molar-refractivity contribution is 5.78. The molecule has 0 rings (SSSR count). The van der Waals surface area contributed by atoms with Crippen LogP contribution >= 0.6 is 0 Å². The normalized spacial score (nSPS) is 14.1. The van der Waals surface area contributed by atoms with Crippen LogP contribution in [0.4, 0.5) is 0 Å². The summed E-state index contributed by atoms with van der Waals surface area (Å²) >= 11 is 0. The summed E-state index contributed by atoms with van der Waals surface area (Å²) in [6.45, 7) is 10.2. The molecule has 0 aromatic carbocycles. The molecular weight excluding hydrogens is 212 g/mol. The monoisotopic (exact) mass is 240 g/mol. The smallest absolute Gasteiger partial charge is 0.315 e. The first-order valence-corrected chi connectivity index (χ1v) is 6.91. The highest BCUT2D eigenvalue weighted by atomic mass is 16.5. The van der Waals surface area contributed by atoms with E-state index in [-0.39, 0.29) is 5.97 Å². The highest BCUT2D eigenvalue weighted by Gasteiger charge is 2.30. The molecule has 0 saturated heterocycles. The second-order valence-corrected chi connectivity index (χ2v) is 4.86. The topological polar surface area (TPSA) is 26.3 Å². The van der Waals surface area contributed by atoms with E-state index in [0.29, 0.717) is 6.61 Å². The molecule has 100 valence electrons. The van der Waals surface area contributed by atoms with Crippen molar-refractivity contribution in [2.24, 2.45) is 5.41 Å². The fraction of sp³-hybridized carbons (Fsp3) is 0.800. The Kier molecular flexibility index (Phi) is 8.83. The van der Waals surface area contributed by atoms with E-state index in [2.05, 4.69) is 13.5 Å². The zero-order valence-corrected chi connectivity index (χ0v) is 11.8. The molecule has 0 radical (unpaired) electrons. The van der Waals surface area contributed by atoms with Crippen LogP contribution in [-0.4, -0.2) is 12.6 Å². The van der Waals surface area contributed by atoms with Crippen LogP contribution in [0, 0.1) is 5.41 Å². The van der Waals surface area contributed by atoms with Gasteiger partial charge in [0.05, 0.1) is 12.0 Å². The minimum absolute atomic E-state index is 0.136. The second-order valence-electron chi connectivity index (χ2n) is 4.86. The van der Waals surface area contributed by atoms with Crippen LogP contribution in [0.5, 0.6) is 0 Å². The average molecular weight is 240 g/mol. The van der Waals surface area contributed by atoms with E-state index in [4.69, 9.17) is 4.74 Å². The van der Waals surface area contributed by atoms with Crippen LogP contribution in [0.25, 0.3) is 0 Å². The molecule has 17 heavy (non-hydrogen) atoms. The first-order chi connectivity index (χ1) is 8.10. The fourth-order valence-electron chi connectivity index (χ4n) is 1.86. The average Bonchev–Trinajstić information content (AvgIpc) is 2.33. The third-order valence-electron chi connectivity index (χ3n) is 3.24. The molecule has 0 amide bonds. The van der Waals surface area contributed by atoms with Crippen molar-refractivity contribution in [3.05, 3.63) is 12.7 Å². The molecule has 0 fully saturated rings. The maximum absolute atomic E-state index is 11.8. The predicted octanol–water partition coefficient (Wildman–Crippen LogP) is 4.49. The van der Waals surface area contributed by atoms with Gasteiger partial charge >= 0.3 is 5.97 Å². The van der Waals surface area contributed by atoms with Gasteiger partial charge in [-0.3, -0.25) is 4.79 Å². The quantitative estimate of drug-likeness (QED) is 0.319. The Morgan fingerprint density at radius 1 is 1.18 bits per heavy atom. The Hall–Kier alpha value is -0.790. The zero-order valence-electron chi connectivity index (χ0n) is 11.8. The number of carbonyl (C=O) groups is 1. The summed E-state index contributed by atoms with van der Waals surface area (Å²) < 4.78 is 5.08. The van der Waals surface area contributed by atoms with Crippen LogP contribution in [-0.2, 0) is 9.53 Å². The number of unbranched alkanes of at least 4 members (excludes halogenated alkanes) is 5. The highest BCUT2D eigenvalue weighted by Crippen LogP contribution is 2.27. The largest absolute Gasteiger partial charge is 0.465 e. The SMILES string of the molecule is C=CC(C)(CCCCCCCC)C(=O)OCC. The van der Waals surface area contributed by atoms with Crippen molar-refractivity contribution in [1.82, 2.24) is 0 Å². The van der Waals surface area contributed by atoms with E-state index in [1.807, 2.05) is 13.8 Å². The molecule has 0 bridgehead atoms. The Labute approximate surface area is 106 Å². The Balaban J connectivity index is 3.87. The van der Waals surface area contributed by atoms with Crippen molar-refractivity contribution in [1.29, 1.82) is 0 Å². The van der Waals surface area contributed by atoms with Gasteiger partial charge in [-0.2, -0.15) is 0 Å². The van der Waals surface area contributed by atoms with Crippen LogP contribution < -0.4 is 0 Å². The molecule has 0 aromatic rings. The van der Waals surface area contributed by atoms with Gasteiger partial charge in [-0.15, -0.1) is 6.58 Å². The van der Waals surface area contributed by atoms with E-state index >= 15 is 0 Å². The molecule has 2 nitrogen and oxygen atoms in total. The van der Waals surface area contributed by atoms with Gasteiger partial charge in [-0.05, 0) is 20.3 Å². The molecule has 0 aromatic heterocycles. The van der Waals surface area contributed by atoms with Gasteiger partial charge in [-0.25, -0.2) is 0 Å². The zero-order chi connectivity index (χ0) is 13.1. The summed E-state index contributed by atoms with van der Waals surface area (Å²) in [5, 5.41) is 0. The molecule has 0 aliphatic rings. The predicted molar refractivity (Wildman–Crippen MR) is 72.9 cm³/mol. The number of hydrogen-bond donors (Lipinski definition) is 0. The van der Waals surface area contributed by atoms with Gasteiger partial charge in [0.2, 0.25) is 0 Å². The van der Waals surface area contributed by atoms with Gasteiger partial charge in [0.25, 0.3) is 0 Å². The van der Waals surface area contributed by atoms with E-state index in [1.165, 1.54) is 32.1 Å². The number of esters is 1. The maximum atomic E-state index is 11.8. The second kappa shape index (κ2) is 9.26. The van der Waals surface area contributed by atoms with Crippen LogP contribution in [0.15, 0.2) is 12.7 Å². The van der Waals surface area contributed by atoms with Gasteiger partial charge in [0.15, 0.2) is 0 Å². The minimum atomic E-state index is -0.499. The van der Waals surface area contributed by atoms with E-state index < -0.39 is 5.41 Å². The Morgan fingerprint density at radius 3 is 2.29 bits per heavy atom. The summed E-state index contributed by atoms with van der Waals surface area (Å²) in [5.74, 6) is -0.136. The minimum Gasteiger partial charge on any atom is -0.465 e. The lowest BCUT2D eigenvalue weighted by molar-refractivity contribution is -0.151.